The van der Waals surface area contributed by atoms with E-state index in [4.69, 9.17) is 22.7 Å². The lowest BCUT2D eigenvalue weighted by Gasteiger charge is -2.13. The van der Waals surface area contributed by atoms with Crippen LogP contribution in [0.2, 0.25) is 0 Å². The van der Waals surface area contributed by atoms with E-state index in [0.29, 0.717) is 11.4 Å². The Morgan fingerprint density at radius 3 is 2.78 bits per heavy atom. The van der Waals surface area contributed by atoms with Crippen LogP contribution < -0.4 is 15.8 Å². The smallest absolute Gasteiger partial charge is 0.251 e. The quantitative estimate of drug-likeness (QED) is 0.798. The number of benzene rings is 1. The Bertz CT molecular complexity index is 465. The number of rotatable bonds is 5. The minimum Gasteiger partial charge on any atom is -0.494 e. The first-order valence-electron chi connectivity index (χ1n) is 5.36. The van der Waals surface area contributed by atoms with E-state index in [0.717, 1.165) is 6.07 Å². The van der Waals surface area contributed by atoms with E-state index in [-0.39, 0.29) is 23.3 Å². The van der Waals surface area contributed by atoms with Crippen LogP contribution in [0.5, 0.6) is 5.75 Å². The number of hydrogen-bond acceptors (Lipinski definition) is 3. The number of halogens is 1. The van der Waals surface area contributed by atoms with Gasteiger partial charge in [0.25, 0.3) is 5.91 Å². The molecule has 0 radical (unpaired) electrons. The van der Waals surface area contributed by atoms with E-state index in [1.54, 1.807) is 6.92 Å². The van der Waals surface area contributed by atoms with Crippen LogP contribution in [-0.2, 0) is 0 Å². The van der Waals surface area contributed by atoms with E-state index in [1.807, 2.05) is 0 Å². The van der Waals surface area contributed by atoms with Crippen molar-refractivity contribution in [2.75, 3.05) is 7.11 Å². The zero-order chi connectivity index (χ0) is 13.7. The second-order valence-corrected chi connectivity index (χ2v) is 4.42. The van der Waals surface area contributed by atoms with E-state index in [9.17, 15) is 9.18 Å². The molecule has 0 aromatic heterocycles. The Morgan fingerprint density at radius 1 is 1.61 bits per heavy atom. The number of nitrogens with one attached hydrogen (secondary N) is 1. The maximum Gasteiger partial charge on any atom is 0.251 e. The summed E-state index contributed by atoms with van der Waals surface area (Å²) in [6.45, 7) is 1.77. The third-order valence-corrected chi connectivity index (χ3v) is 2.47. The minimum absolute atomic E-state index is 0.0998. The molecule has 1 aromatic rings. The first-order valence-corrected chi connectivity index (χ1v) is 5.77. The van der Waals surface area contributed by atoms with Gasteiger partial charge in [0.1, 0.15) is 0 Å². The molecule has 98 valence electrons. The summed E-state index contributed by atoms with van der Waals surface area (Å²) < 4.78 is 18.2. The molecule has 0 saturated carbocycles. The van der Waals surface area contributed by atoms with Crippen molar-refractivity contribution in [2.45, 2.75) is 19.4 Å². The molecule has 1 rings (SSSR count). The lowest BCUT2D eigenvalue weighted by molar-refractivity contribution is 0.0941. The first-order chi connectivity index (χ1) is 8.43. The molecule has 0 fully saturated rings. The molecular weight excluding hydrogens is 255 g/mol. The fraction of sp³-hybridized carbons (Fsp3) is 0.333. The molecule has 3 N–H and O–H groups in total. The van der Waals surface area contributed by atoms with Crippen LogP contribution >= 0.6 is 12.2 Å². The summed E-state index contributed by atoms with van der Waals surface area (Å²) in [4.78, 5) is 12.1. The summed E-state index contributed by atoms with van der Waals surface area (Å²) >= 11 is 4.74. The van der Waals surface area contributed by atoms with Gasteiger partial charge in [0.2, 0.25) is 0 Å². The van der Waals surface area contributed by atoms with Gasteiger partial charge in [-0.3, -0.25) is 4.79 Å². The summed E-state index contributed by atoms with van der Waals surface area (Å²) in [5.41, 5.74) is 5.60. The molecule has 0 aliphatic carbocycles. The second kappa shape index (κ2) is 6.30. The van der Waals surface area contributed by atoms with Crippen LogP contribution in [0.1, 0.15) is 23.7 Å². The number of carbonyl (C=O) groups excluding carboxylic acids is 1. The highest BCUT2D eigenvalue weighted by atomic mass is 32.1. The molecule has 6 heteroatoms. The summed E-state index contributed by atoms with van der Waals surface area (Å²) in [6.07, 6.45) is 0.402. The Balaban J connectivity index is 2.72. The fourth-order valence-electron chi connectivity index (χ4n) is 1.47. The molecule has 1 amide bonds. The number of amides is 1. The van der Waals surface area contributed by atoms with Crippen LogP contribution in [0, 0.1) is 5.82 Å². The Morgan fingerprint density at radius 2 is 2.28 bits per heavy atom. The Kier molecular flexibility index (Phi) is 5.03. The van der Waals surface area contributed by atoms with E-state index in [2.05, 4.69) is 5.32 Å². The fourth-order valence-corrected chi connectivity index (χ4v) is 1.72. The third kappa shape index (κ3) is 3.96. The lowest BCUT2D eigenvalue weighted by Crippen LogP contribution is -2.35. The van der Waals surface area contributed by atoms with Crippen molar-refractivity contribution >= 4 is 23.1 Å². The van der Waals surface area contributed by atoms with Crippen molar-refractivity contribution < 1.29 is 13.9 Å². The molecule has 0 saturated heterocycles. The molecule has 0 aliphatic rings. The highest BCUT2D eigenvalue weighted by molar-refractivity contribution is 7.80. The highest BCUT2D eigenvalue weighted by Crippen LogP contribution is 2.17. The van der Waals surface area contributed by atoms with E-state index >= 15 is 0 Å². The van der Waals surface area contributed by atoms with Gasteiger partial charge >= 0.3 is 0 Å². The van der Waals surface area contributed by atoms with Crippen LogP contribution in [0.25, 0.3) is 0 Å². The monoisotopic (exact) mass is 270 g/mol. The van der Waals surface area contributed by atoms with Crippen molar-refractivity contribution in [1.29, 1.82) is 0 Å². The minimum atomic E-state index is -0.577. The van der Waals surface area contributed by atoms with Crippen LogP contribution in [0.3, 0.4) is 0 Å². The van der Waals surface area contributed by atoms with Gasteiger partial charge < -0.3 is 15.8 Å². The van der Waals surface area contributed by atoms with Crippen molar-refractivity contribution in [3.8, 4) is 5.75 Å². The van der Waals surface area contributed by atoms with Crippen molar-refractivity contribution in [2.24, 2.45) is 5.73 Å². The standard InChI is InChI=1S/C12H15FN2O2S/c1-7(5-11(14)18)15-12(16)8-3-4-10(17-2)9(13)6-8/h3-4,6-7H,5H2,1-2H3,(H2,14,18)(H,15,16). The van der Waals surface area contributed by atoms with Gasteiger partial charge in [0.15, 0.2) is 11.6 Å². The summed E-state index contributed by atoms with van der Waals surface area (Å²) in [5, 5.41) is 2.68. The highest BCUT2D eigenvalue weighted by Gasteiger charge is 2.12. The predicted molar refractivity (Wildman–Crippen MR) is 71.3 cm³/mol. The molecule has 1 unspecified atom stereocenters. The molecule has 0 bridgehead atoms. The van der Waals surface area contributed by atoms with Crippen LogP contribution in [-0.4, -0.2) is 24.0 Å². The molecular formula is C12H15FN2O2S. The molecule has 0 aliphatic heterocycles. The Hall–Kier alpha value is -1.69. The number of thiocarbonyl (C=S) groups is 1. The second-order valence-electron chi connectivity index (χ2n) is 3.89. The van der Waals surface area contributed by atoms with Crippen molar-refractivity contribution in [3.05, 3.63) is 29.6 Å². The Labute approximate surface area is 110 Å². The van der Waals surface area contributed by atoms with Crippen LogP contribution in [0.4, 0.5) is 4.39 Å². The number of carbonyl (C=O) groups is 1. The van der Waals surface area contributed by atoms with Crippen molar-refractivity contribution in [1.82, 2.24) is 5.32 Å². The number of ether oxygens (including phenoxy) is 1. The first kappa shape index (κ1) is 14.4. The predicted octanol–water partition coefficient (Wildman–Crippen LogP) is 1.63. The summed E-state index contributed by atoms with van der Waals surface area (Å²) in [5.74, 6) is -0.852. The van der Waals surface area contributed by atoms with Gasteiger partial charge in [0, 0.05) is 18.0 Å². The maximum atomic E-state index is 13.4. The van der Waals surface area contributed by atoms with E-state index < -0.39 is 5.82 Å². The average molecular weight is 270 g/mol. The summed E-state index contributed by atoms with van der Waals surface area (Å²) in [7, 11) is 1.36. The molecule has 4 nitrogen and oxygen atoms in total. The van der Waals surface area contributed by atoms with Gasteiger partial charge in [-0.15, -0.1) is 0 Å². The maximum absolute atomic E-state index is 13.4. The number of methoxy groups -OCH3 is 1. The molecule has 18 heavy (non-hydrogen) atoms. The number of nitrogens with two attached hydrogens (primary N) is 1. The zero-order valence-corrected chi connectivity index (χ0v) is 11.0. The van der Waals surface area contributed by atoms with Gasteiger partial charge in [-0.2, -0.15) is 0 Å². The average Bonchev–Trinajstić information content (AvgIpc) is 2.27. The largest absolute Gasteiger partial charge is 0.494 e. The zero-order valence-electron chi connectivity index (χ0n) is 10.2. The van der Waals surface area contributed by atoms with Gasteiger partial charge in [-0.25, -0.2) is 4.39 Å². The molecule has 1 atom stereocenters. The van der Waals surface area contributed by atoms with E-state index in [1.165, 1.54) is 19.2 Å². The third-order valence-electron chi connectivity index (χ3n) is 2.30. The van der Waals surface area contributed by atoms with Gasteiger partial charge in [-0.05, 0) is 25.1 Å². The molecule has 0 heterocycles. The number of hydrogen-bond donors (Lipinski definition) is 2. The van der Waals surface area contributed by atoms with Crippen LogP contribution in [0.15, 0.2) is 18.2 Å². The molecule has 0 spiro atoms. The topological polar surface area (TPSA) is 64.3 Å². The molecule has 1 aromatic carbocycles. The van der Waals surface area contributed by atoms with Crippen molar-refractivity contribution in [3.63, 3.8) is 0 Å². The summed E-state index contributed by atoms with van der Waals surface area (Å²) in [6, 6.07) is 3.83. The lowest BCUT2D eigenvalue weighted by atomic mass is 10.1. The van der Waals surface area contributed by atoms with Gasteiger partial charge in [-0.1, -0.05) is 12.2 Å². The van der Waals surface area contributed by atoms with Gasteiger partial charge in [0.05, 0.1) is 12.1 Å². The SMILES string of the molecule is COc1ccc(C(=O)NC(C)CC(N)=S)cc1F. The normalized spacial score (nSPS) is 11.7.